The Labute approximate surface area is 123 Å². The molecule has 1 N–H and O–H groups in total. The van der Waals surface area contributed by atoms with Crippen LogP contribution in [0.2, 0.25) is 10.2 Å². The third kappa shape index (κ3) is 4.37. The van der Waals surface area contributed by atoms with Crippen molar-refractivity contribution in [3.8, 4) is 0 Å². The fourth-order valence-electron chi connectivity index (χ4n) is 1.73. The lowest BCUT2D eigenvalue weighted by Gasteiger charge is -2.08. The van der Waals surface area contributed by atoms with E-state index < -0.39 is 0 Å². The molecule has 0 atom stereocenters. The molecule has 0 saturated carbocycles. The zero-order valence-corrected chi connectivity index (χ0v) is 12.2. The van der Waals surface area contributed by atoms with E-state index in [0.717, 1.165) is 35.1 Å². The van der Waals surface area contributed by atoms with Gasteiger partial charge < -0.3 is 5.32 Å². The van der Waals surface area contributed by atoms with Crippen LogP contribution in [0.25, 0.3) is 0 Å². The summed E-state index contributed by atoms with van der Waals surface area (Å²) in [5.74, 6) is 1.51. The van der Waals surface area contributed by atoms with Crippen LogP contribution in [0.1, 0.15) is 24.7 Å². The Balaban J connectivity index is 2.06. The number of aryl methyl sites for hydroxylation is 1. The monoisotopic (exact) mass is 295 g/mol. The summed E-state index contributed by atoms with van der Waals surface area (Å²) in [6, 6.07) is 9.44. The third-order valence-electron chi connectivity index (χ3n) is 2.58. The van der Waals surface area contributed by atoms with Crippen LogP contribution in [-0.4, -0.2) is 9.97 Å². The lowest BCUT2D eigenvalue weighted by Crippen LogP contribution is -2.04. The number of hydrogen-bond donors (Lipinski definition) is 1. The highest BCUT2D eigenvalue weighted by molar-refractivity contribution is 6.30. The molecule has 2 aromatic rings. The van der Waals surface area contributed by atoms with Crippen molar-refractivity contribution >= 4 is 29.0 Å². The summed E-state index contributed by atoms with van der Waals surface area (Å²) < 4.78 is 0. The minimum atomic E-state index is 0.465. The van der Waals surface area contributed by atoms with E-state index in [1.54, 1.807) is 6.07 Å². The van der Waals surface area contributed by atoms with Gasteiger partial charge in [-0.1, -0.05) is 42.3 Å². The van der Waals surface area contributed by atoms with Gasteiger partial charge in [0.05, 0.1) is 0 Å². The van der Waals surface area contributed by atoms with Gasteiger partial charge in [-0.3, -0.25) is 0 Å². The molecule has 0 spiro atoms. The average molecular weight is 296 g/mol. The molecule has 1 heterocycles. The van der Waals surface area contributed by atoms with Crippen LogP contribution < -0.4 is 5.32 Å². The average Bonchev–Trinajstić information content (AvgIpc) is 2.36. The molecule has 0 amide bonds. The number of aromatic nitrogens is 2. The minimum Gasteiger partial charge on any atom is -0.366 e. The maximum Gasteiger partial charge on any atom is 0.134 e. The third-order valence-corrected chi connectivity index (χ3v) is 3.01. The molecule has 0 aliphatic carbocycles. The topological polar surface area (TPSA) is 37.8 Å². The van der Waals surface area contributed by atoms with Crippen molar-refractivity contribution < 1.29 is 0 Å². The van der Waals surface area contributed by atoms with E-state index in [1.165, 1.54) is 0 Å². The van der Waals surface area contributed by atoms with Gasteiger partial charge in [-0.15, -0.1) is 0 Å². The Bertz CT molecular complexity index is 558. The summed E-state index contributed by atoms with van der Waals surface area (Å²) in [5, 5.41) is 4.43. The highest BCUT2D eigenvalue weighted by atomic mass is 35.5. The Morgan fingerprint density at radius 3 is 2.74 bits per heavy atom. The maximum absolute atomic E-state index is 5.98. The van der Waals surface area contributed by atoms with Crippen molar-refractivity contribution in [2.24, 2.45) is 0 Å². The van der Waals surface area contributed by atoms with E-state index in [1.807, 2.05) is 24.3 Å². The molecular weight excluding hydrogens is 281 g/mol. The molecule has 0 bridgehead atoms. The number of rotatable bonds is 5. The summed E-state index contributed by atoms with van der Waals surface area (Å²) in [6.45, 7) is 2.74. The number of benzene rings is 1. The number of nitrogens with zero attached hydrogens (tertiary/aromatic N) is 2. The van der Waals surface area contributed by atoms with E-state index in [4.69, 9.17) is 23.2 Å². The van der Waals surface area contributed by atoms with E-state index in [2.05, 4.69) is 22.2 Å². The van der Waals surface area contributed by atoms with E-state index >= 15 is 0 Å². The zero-order chi connectivity index (χ0) is 13.7. The first kappa shape index (κ1) is 14.1. The molecule has 1 aromatic carbocycles. The summed E-state index contributed by atoms with van der Waals surface area (Å²) in [7, 11) is 0. The lowest BCUT2D eigenvalue weighted by molar-refractivity contribution is 0.834. The molecule has 1 aromatic heterocycles. The predicted octanol–water partition coefficient (Wildman–Crippen LogP) is 4.35. The quantitative estimate of drug-likeness (QED) is 0.834. The van der Waals surface area contributed by atoms with Crippen molar-refractivity contribution in [2.75, 3.05) is 5.32 Å². The van der Waals surface area contributed by atoms with Crippen LogP contribution in [0.15, 0.2) is 30.3 Å². The molecule has 0 aliphatic rings. The molecule has 5 heteroatoms. The SMILES string of the molecule is CCCc1nc(Cl)cc(NCc2cccc(Cl)c2)n1. The first-order chi connectivity index (χ1) is 9.17. The second-order valence-corrected chi connectivity index (χ2v) is 5.05. The van der Waals surface area contributed by atoms with Crippen molar-refractivity contribution in [2.45, 2.75) is 26.3 Å². The molecule has 0 radical (unpaired) electrons. The molecule has 100 valence electrons. The van der Waals surface area contributed by atoms with Crippen molar-refractivity contribution in [1.82, 2.24) is 9.97 Å². The summed E-state index contributed by atoms with van der Waals surface area (Å²) in [6.07, 6.45) is 1.82. The highest BCUT2D eigenvalue weighted by Crippen LogP contribution is 2.15. The molecule has 0 fully saturated rings. The van der Waals surface area contributed by atoms with E-state index in [0.29, 0.717) is 11.7 Å². The smallest absolute Gasteiger partial charge is 0.134 e. The number of hydrogen-bond acceptors (Lipinski definition) is 3. The number of nitrogens with one attached hydrogen (secondary N) is 1. The van der Waals surface area contributed by atoms with Crippen molar-refractivity contribution in [1.29, 1.82) is 0 Å². The molecule has 0 unspecified atom stereocenters. The zero-order valence-electron chi connectivity index (χ0n) is 10.7. The first-order valence-electron chi connectivity index (χ1n) is 6.19. The van der Waals surface area contributed by atoms with Gasteiger partial charge in [0.25, 0.3) is 0 Å². The largest absolute Gasteiger partial charge is 0.366 e. The summed E-state index contributed by atoms with van der Waals surface area (Å²) in [5.41, 5.74) is 1.10. The standard InChI is InChI=1S/C14H15Cl2N3/c1-2-4-13-18-12(16)8-14(19-13)17-9-10-5-3-6-11(15)7-10/h3,5-8H,2,4,9H2,1H3,(H,17,18,19). The molecule has 3 nitrogen and oxygen atoms in total. The molecule has 2 rings (SSSR count). The van der Waals surface area contributed by atoms with Gasteiger partial charge >= 0.3 is 0 Å². The second kappa shape index (κ2) is 6.73. The number of anilines is 1. The second-order valence-electron chi connectivity index (χ2n) is 4.23. The lowest BCUT2D eigenvalue weighted by atomic mass is 10.2. The Morgan fingerprint density at radius 2 is 2.00 bits per heavy atom. The molecular formula is C14H15Cl2N3. The van der Waals surface area contributed by atoms with E-state index in [-0.39, 0.29) is 0 Å². The summed E-state index contributed by atoms with van der Waals surface area (Å²) >= 11 is 11.9. The van der Waals surface area contributed by atoms with Gasteiger partial charge in [-0.25, -0.2) is 9.97 Å². The van der Waals surface area contributed by atoms with Crippen molar-refractivity contribution in [3.05, 3.63) is 51.9 Å². The van der Waals surface area contributed by atoms with Gasteiger partial charge in [0.15, 0.2) is 0 Å². The molecule has 0 aliphatic heterocycles. The fourth-order valence-corrected chi connectivity index (χ4v) is 2.14. The maximum atomic E-state index is 5.98. The molecule has 0 saturated heterocycles. The Hall–Kier alpha value is -1.32. The van der Waals surface area contributed by atoms with Gasteiger partial charge in [-0.05, 0) is 24.1 Å². The summed E-state index contributed by atoms with van der Waals surface area (Å²) in [4.78, 5) is 8.61. The fraction of sp³-hybridized carbons (Fsp3) is 0.286. The minimum absolute atomic E-state index is 0.465. The van der Waals surface area contributed by atoms with Crippen molar-refractivity contribution in [3.63, 3.8) is 0 Å². The Morgan fingerprint density at radius 1 is 1.16 bits per heavy atom. The van der Waals surface area contributed by atoms with Gasteiger partial charge in [0.1, 0.15) is 16.8 Å². The predicted molar refractivity (Wildman–Crippen MR) is 79.8 cm³/mol. The van der Waals surface area contributed by atoms with Crippen LogP contribution in [0.4, 0.5) is 5.82 Å². The molecule has 19 heavy (non-hydrogen) atoms. The van der Waals surface area contributed by atoms with Gasteiger partial charge in [0, 0.05) is 24.1 Å². The van der Waals surface area contributed by atoms with Crippen LogP contribution in [0, 0.1) is 0 Å². The van der Waals surface area contributed by atoms with Gasteiger partial charge in [-0.2, -0.15) is 0 Å². The van der Waals surface area contributed by atoms with Gasteiger partial charge in [0.2, 0.25) is 0 Å². The Kier molecular flexibility index (Phi) is 5.00. The normalized spacial score (nSPS) is 10.5. The first-order valence-corrected chi connectivity index (χ1v) is 6.94. The highest BCUT2D eigenvalue weighted by Gasteiger charge is 2.03. The van der Waals surface area contributed by atoms with Crippen LogP contribution in [-0.2, 0) is 13.0 Å². The van der Waals surface area contributed by atoms with Crippen LogP contribution in [0.5, 0.6) is 0 Å². The van der Waals surface area contributed by atoms with E-state index in [9.17, 15) is 0 Å². The number of halogens is 2. The van der Waals surface area contributed by atoms with Crippen LogP contribution in [0.3, 0.4) is 0 Å². The van der Waals surface area contributed by atoms with Crippen LogP contribution >= 0.6 is 23.2 Å².